The lowest BCUT2D eigenvalue weighted by atomic mass is 10.2. The second-order valence-electron chi connectivity index (χ2n) is 7.05. The lowest BCUT2D eigenvalue weighted by molar-refractivity contribution is 0.648. The summed E-state index contributed by atoms with van der Waals surface area (Å²) in [5.41, 5.74) is 1.07. The highest BCUT2D eigenvalue weighted by Crippen LogP contribution is 2.25. The zero-order valence-corrected chi connectivity index (χ0v) is 17.6. The number of pyridine rings is 2. The number of nitrogens with zero attached hydrogens (tertiary/aromatic N) is 6. The van der Waals surface area contributed by atoms with Crippen molar-refractivity contribution in [2.45, 2.75) is 25.9 Å². The lowest BCUT2D eigenvalue weighted by Gasteiger charge is -2.20. The Bertz CT molecular complexity index is 988. The van der Waals surface area contributed by atoms with Crippen molar-refractivity contribution < 1.29 is 0 Å². The van der Waals surface area contributed by atoms with Crippen LogP contribution in [-0.4, -0.2) is 51.4 Å². The molecule has 4 rings (SSSR count). The molecule has 2 N–H and O–H groups in total. The summed E-state index contributed by atoms with van der Waals surface area (Å²) < 4.78 is 1.74. The summed E-state index contributed by atoms with van der Waals surface area (Å²) in [4.78, 5) is 15.8. The Kier molecular flexibility index (Phi) is 6.44. The Morgan fingerprint density at radius 3 is 2.97 bits per heavy atom. The summed E-state index contributed by atoms with van der Waals surface area (Å²) >= 11 is 6.30. The highest BCUT2D eigenvalue weighted by molar-refractivity contribution is 6.32. The van der Waals surface area contributed by atoms with E-state index in [-0.39, 0.29) is 6.04 Å². The molecule has 0 spiro atoms. The molecule has 1 fully saturated rings. The molecule has 156 valence electrons. The van der Waals surface area contributed by atoms with E-state index >= 15 is 0 Å². The molecule has 0 aromatic carbocycles. The molecule has 1 aliphatic heterocycles. The van der Waals surface area contributed by atoms with Crippen LogP contribution in [0.25, 0.3) is 5.82 Å². The van der Waals surface area contributed by atoms with Gasteiger partial charge in [-0.1, -0.05) is 11.6 Å². The Morgan fingerprint density at radius 2 is 2.17 bits per heavy atom. The zero-order valence-electron chi connectivity index (χ0n) is 16.9. The quantitative estimate of drug-likeness (QED) is 0.467. The highest BCUT2D eigenvalue weighted by Gasteiger charge is 2.25. The number of guanidine groups is 1. The molecule has 4 heterocycles. The summed E-state index contributed by atoms with van der Waals surface area (Å²) in [7, 11) is 0. The third kappa shape index (κ3) is 4.88. The van der Waals surface area contributed by atoms with Crippen molar-refractivity contribution in [1.82, 2.24) is 30.4 Å². The van der Waals surface area contributed by atoms with Crippen molar-refractivity contribution >= 4 is 23.4 Å². The number of hydrogen-bond acceptors (Lipinski definition) is 5. The van der Waals surface area contributed by atoms with Gasteiger partial charge in [0, 0.05) is 50.5 Å². The predicted molar refractivity (Wildman–Crippen MR) is 119 cm³/mol. The van der Waals surface area contributed by atoms with Crippen LogP contribution in [0.3, 0.4) is 0 Å². The summed E-state index contributed by atoms with van der Waals surface area (Å²) in [6.45, 7) is 5.15. The Labute approximate surface area is 181 Å². The number of nitrogens with one attached hydrogen (secondary N) is 2. The maximum atomic E-state index is 6.30. The van der Waals surface area contributed by atoms with Crippen LogP contribution in [0.4, 0.5) is 5.82 Å². The molecule has 3 aromatic rings. The molecular weight excluding hydrogens is 400 g/mol. The van der Waals surface area contributed by atoms with Crippen molar-refractivity contribution in [2.24, 2.45) is 4.99 Å². The van der Waals surface area contributed by atoms with E-state index in [1.165, 1.54) is 0 Å². The van der Waals surface area contributed by atoms with Crippen molar-refractivity contribution in [3.63, 3.8) is 0 Å². The van der Waals surface area contributed by atoms with Gasteiger partial charge in [0.2, 0.25) is 0 Å². The maximum Gasteiger partial charge on any atom is 0.191 e. The Morgan fingerprint density at radius 1 is 1.23 bits per heavy atom. The van der Waals surface area contributed by atoms with Crippen molar-refractivity contribution in [3.05, 3.63) is 65.7 Å². The fourth-order valence-electron chi connectivity index (χ4n) is 3.45. The molecule has 1 saturated heterocycles. The lowest BCUT2D eigenvalue weighted by Crippen LogP contribution is -2.44. The molecular formula is C21H25ClN8. The molecule has 1 atom stereocenters. The Hall–Kier alpha value is -3.13. The van der Waals surface area contributed by atoms with Gasteiger partial charge in [-0.25, -0.2) is 19.6 Å². The van der Waals surface area contributed by atoms with Crippen molar-refractivity contribution in [1.29, 1.82) is 0 Å². The van der Waals surface area contributed by atoms with Crippen LogP contribution in [0.15, 0.2) is 60.1 Å². The summed E-state index contributed by atoms with van der Waals surface area (Å²) in [6.07, 6.45) is 8.17. The fraction of sp³-hybridized carbons (Fsp3) is 0.333. The van der Waals surface area contributed by atoms with Gasteiger partial charge >= 0.3 is 0 Å². The average molecular weight is 425 g/mol. The normalized spacial score (nSPS) is 16.7. The van der Waals surface area contributed by atoms with Crippen molar-refractivity contribution in [3.8, 4) is 5.82 Å². The number of aromatic nitrogens is 4. The molecule has 8 nitrogen and oxygen atoms in total. The minimum atomic E-state index is 0.276. The first kappa shape index (κ1) is 20.2. The average Bonchev–Trinajstić information content (AvgIpc) is 3.45. The number of halogens is 1. The SMILES string of the molecule is CCNC(=NCc1ccnc(-n2cccn2)c1)NC1CCN(c2ncccc2Cl)C1. The van der Waals surface area contributed by atoms with Crippen LogP contribution < -0.4 is 15.5 Å². The van der Waals surface area contributed by atoms with Gasteiger partial charge < -0.3 is 15.5 Å². The minimum Gasteiger partial charge on any atom is -0.357 e. The molecule has 9 heteroatoms. The monoisotopic (exact) mass is 424 g/mol. The molecule has 3 aromatic heterocycles. The smallest absolute Gasteiger partial charge is 0.191 e. The fourth-order valence-corrected chi connectivity index (χ4v) is 3.69. The largest absolute Gasteiger partial charge is 0.357 e. The highest BCUT2D eigenvalue weighted by atomic mass is 35.5. The summed E-state index contributed by atoms with van der Waals surface area (Å²) in [5, 5.41) is 11.8. The molecule has 1 aliphatic rings. The number of hydrogen-bond donors (Lipinski definition) is 2. The van der Waals surface area contributed by atoms with Crippen LogP contribution in [0, 0.1) is 0 Å². The first-order valence-electron chi connectivity index (χ1n) is 10.1. The van der Waals surface area contributed by atoms with Crippen LogP contribution in [-0.2, 0) is 6.54 Å². The maximum absolute atomic E-state index is 6.30. The first-order chi connectivity index (χ1) is 14.7. The van der Waals surface area contributed by atoms with Gasteiger partial charge in [0.25, 0.3) is 0 Å². The molecule has 0 bridgehead atoms. The minimum absolute atomic E-state index is 0.276. The molecule has 0 aliphatic carbocycles. The molecule has 30 heavy (non-hydrogen) atoms. The van der Waals surface area contributed by atoms with Gasteiger partial charge in [0.1, 0.15) is 5.82 Å². The molecule has 1 unspecified atom stereocenters. The Balaban J connectivity index is 1.40. The zero-order chi connectivity index (χ0) is 20.8. The third-order valence-electron chi connectivity index (χ3n) is 4.88. The van der Waals surface area contributed by atoms with Crippen LogP contribution >= 0.6 is 11.6 Å². The summed E-state index contributed by atoms with van der Waals surface area (Å²) in [6, 6.07) is 9.86. The third-order valence-corrected chi connectivity index (χ3v) is 5.18. The second-order valence-corrected chi connectivity index (χ2v) is 7.46. The first-order valence-corrected chi connectivity index (χ1v) is 10.5. The second kappa shape index (κ2) is 9.58. The van der Waals surface area contributed by atoms with E-state index < -0.39 is 0 Å². The molecule has 0 radical (unpaired) electrons. The van der Waals surface area contributed by atoms with Crippen LogP contribution in [0.5, 0.6) is 0 Å². The van der Waals surface area contributed by atoms with Gasteiger partial charge in [-0.2, -0.15) is 5.10 Å². The van der Waals surface area contributed by atoms with Gasteiger partial charge in [0.05, 0.1) is 11.6 Å². The number of rotatable bonds is 6. The van der Waals surface area contributed by atoms with Crippen LogP contribution in [0.1, 0.15) is 18.9 Å². The standard InChI is InChI=1S/C21H25ClN8/c1-2-23-21(26-14-16-6-10-24-19(13-16)30-11-4-9-27-30)28-17-7-12-29(15-17)20-18(22)5-3-8-25-20/h3-6,8-11,13,17H,2,7,12,14-15H2,1H3,(H2,23,26,28). The van der Waals surface area contributed by atoms with E-state index in [2.05, 4.69) is 37.5 Å². The van der Waals surface area contributed by atoms with Crippen LogP contribution in [0.2, 0.25) is 5.02 Å². The van der Waals surface area contributed by atoms with E-state index in [4.69, 9.17) is 16.6 Å². The predicted octanol–water partition coefficient (Wildman–Crippen LogP) is 2.65. The van der Waals surface area contributed by atoms with E-state index in [1.54, 1.807) is 23.3 Å². The topological polar surface area (TPSA) is 83.3 Å². The number of anilines is 1. The molecule has 0 saturated carbocycles. The van der Waals surface area contributed by atoms with Gasteiger partial charge in [0.15, 0.2) is 11.8 Å². The van der Waals surface area contributed by atoms with E-state index in [0.717, 1.165) is 49.2 Å². The molecule has 0 amide bonds. The van der Waals surface area contributed by atoms with E-state index in [9.17, 15) is 0 Å². The number of aliphatic imine (C=N–C) groups is 1. The van der Waals surface area contributed by atoms with Gasteiger partial charge in [-0.15, -0.1) is 0 Å². The summed E-state index contributed by atoms with van der Waals surface area (Å²) in [5.74, 6) is 2.42. The van der Waals surface area contributed by atoms with E-state index in [0.29, 0.717) is 11.6 Å². The van der Waals surface area contributed by atoms with Gasteiger partial charge in [-0.05, 0) is 49.2 Å². The van der Waals surface area contributed by atoms with E-state index in [1.807, 2.05) is 36.5 Å². The van der Waals surface area contributed by atoms with Gasteiger partial charge in [-0.3, -0.25) is 0 Å². The van der Waals surface area contributed by atoms with Crippen molar-refractivity contribution in [2.75, 3.05) is 24.5 Å².